The molecule has 1 rings (SSSR count). The van der Waals surface area contributed by atoms with Crippen molar-refractivity contribution in [2.24, 2.45) is 0 Å². The first kappa shape index (κ1) is 14.4. The molecule has 0 aliphatic heterocycles. The van der Waals surface area contributed by atoms with Gasteiger partial charge in [0.15, 0.2) is 6.10 Å². The van der Waals surface area contributed by atoms with Crippen LogP contribution in [0.5, 0.6) is 0 Å². The predicted molar refractivity (Wildman–Crippen MR) is 59.5 cm³/mol. The van der Waals surface area contributed by atoms with Gasteiger partial charge in [-0.2, -0.15) is 13.2 Å². The number of rotatable bonds is 4. The van der Waals surface area contributed by atoms with Crippen molar-refractivity contribution in [3.63, 3.8) is 0 Å². The quantitative estimate of drug-likeness (QED) is 0.597. The van der Waals surface area contributed by atoms with Crippen LogP contribution in [0.25, 0.3) is 0 Å². The first-order valence-corrected chi connectivity index (χ1v) is 6.00. The van der Waals surface area contributed by atoms with Crippen molar-refractivity contribution in [3.8, 4) is 0 Å². The highest BCUT2D eigenvalue weighted by molar-refractivity contribution is 9.09. The average Bonchev–Trinajstić information content (AvgIpc) is 2.24. The van der Waals surface area contributed by atoms with E-state index in [-0.39, 0.29) is 5.33 Å². The van der Waals surface area contributed by atoms with E-state index < -0.39 is 24.2 Å². The van der Waals surface area contributed by atoms with Crippen molar-refractivity contribution in [3.05, 3.63) is 35.6 Å². The van der Waals surface area contributed by atoms with E-state index in [2.05, 4.69) is 15.9 Å². The Morgan fingerprint density at radius 2 is 2.00 bits per heavy atom. The van der Waals surface area contributed by atoms with Gasteiger partial charge in [-0.05, 0) is 24.6 Å². The average molecular weight is 315 g/mol. The summed E-state index contributed by atoms with van der Waals surface area (Å²) >= 11 is 3.06. The normalized spacial score (nSPS) is 15.6. The summed E-state index contributed by atoms with van der Waals surface area (Å²) < 4.78 is 54.8. The fraction of sp³-hybridized carbons (Fsp3) is 0.455. The Morgan fingerprint density at radius 3 is 2.47 bits per heavy atom. The van der Waals surface area contributed by atoms with Gasteiger partial charge >= 0.3 is 6.18 Å². The minimum Gasteiger partial charge on any atom is -0.360 e. The first-order valence-electron chi connectivity index (χ1n) is 4.88. The highest BCUT2D eigenvalue weighted by Crippen LogP contribution is 2.29. The number of hydrogen-bond donors (Lipinski definition) is 0. The third-order valence-electron chi connectivity index (χ3n) is 2.19. The summed E-state index contributed by atoms with van der Waals surface area (Å²) in [4.78, 5) is 0. The second-order valence-corrected chi connectivity index (χ2v) is 4.17. The molecule has 0 aromatic heterocycles. The van der Waals surface area contributed by atoms with Gasteiger partial charge in [-0.25, -0.2) is 4.39 Å². The van der Waals surface area contributed by atoms with Crippen LogP contribution >= 0.6 is 15.9 Å². The van der Waals surface area contributed by atoms with Crippen molar-refractivity contribution < 1.29 is 22.3 Å². The number of alkyl halides is 4. The smallest absolute Gasteiger partial charge is 0.360 e. The fourth-order valence-electron chi connectivity index (χ4n) is 1.23. The van der Waals surface area contributed by atoms with Crippen molar-refractivity contribution >= 4 is 15.9 Å². The zero-order valence-corrected chi connectivity index (χ0v) is 10.6. The summed E-state index contributed by atoms with van der Waals surface area (Å²) in [5, 5.41) is 0.164. The van der Waals surface area contributed by atoms with Gasteiger partial charge < -0.3 is 4.74 Å². The minimum absolute atomic E-state index is 0.164. The Kier molecular flexibility index (Phi) is 4.94. The number of halogens is 5. The lowest BCUT2D eigenvalue weighted by atomic mass is 10.1. The van der Waals surface area contributed by atoms with Gasteiger partial charge in [0.1, 0.15) is 5.82 Å². The molecule has 1 nitrogen and oxygen atoms in total. The van der Waals surface area contributed by atoms with E-state index in [1.54, 1.807) is 0 Å². The second-order valence-electron chi connectivity index (χ2n) is 3.52. The van der Waals surface area contributed by atoms with E-state index in [1.165, 1.54) is 18.2 Å². The highest BCUT2D eigenvalue weighted by Gasteiger charge is 2.38. The molecule has 0 saturated carbocycles. The molecular weight excluding hydrogens is 304 g/mol. The molecule has 2 atom stereocenters. The maximum atomic E-state index is 12.9. The van der Waals surface area contributed by atoms with Gasteiger partial charge in [-0.3, -0.25) is 0 Å². The molecule has 0 aliphatic rings. The summed E-state index contributed by atoms with van der Waals surface area (Å²) in [6.45, 7) is 0.926. The van der Waals surface area contributed by atoms with E-state index in [1.807, 2.05) is 0 Å². The summed E-state index contributed by atoms with van der Waals surface area (Å²) in [6.07, 6.45) is -7.15. The molecule has 0 aliphatic carbocycles. The van der Waals surface area contributed by atoms with Crippen LogP contribution in [0.2, 0.25) is 0 Å². The van der Waals surface area contributed by atoms with E-state index >= 15 is 0 Å². The van der Waals surface area contributed by atoms with E-state index in [0.717, 1.165) is 13.0 Å². The van der Waals surface area contributed by atoms with Crippen LogP contribution in [0, 0.1) is 5.82 Å². The second kappa shape index (κ2) is 5.82. The topological polar surface area (TPSA) is 9.23 Å². The minimum atomic E-state index is -4.42. The molecule has 1 aromatic carbocycles. The standard InChI is InChI=1S/C11H11BrF4O/c1-7(11(14,15)16)17-10(6-12)8-3-2-4-9(13)5-8/h2-5,7,10H,6H2,1H3. The summed E-state index contributed by atoms with van der Waals surface area (Å²) in [5.74, 6) is -0.503. The van der Waals surface area contributed by atoms with Gasteiger partial charge in [-0.15, -0.1) is 0 Å². The van der Waals surface area contributed by atoms with E-state index in [0.29, 0.717) is 5.56 Å². The molecule has 0 radical (unpaired) electrons. The van der Waals surface area contributed by atoms with Crippen LogP contribution in [0.15, 0.2) is 24.3 Å². The zero-order chi connectivity index (χ0) is 13.1. The van der Waals surface area contributed by atoms with Gasteiger partial charge in [0.25, 0.3) is 0 Å². The van der Waals surface area contributed by atoms with Crippen molar-refractivity contribution in [2.45, 2.75) is 25.3 Å². The Labute approximate surface area is 105 Å². The third-order valence-corrected chi connectivity index (χ3v) is 2.78. The van der Waals surface area contributed by atoms with E-state index in [9.17, 15) is 17.6 Å². The molecule has 0 N–H and O–H groups in total. The molecule has 2 unspecified atom stereocenters. The lowest BCUT2D eigenvalue weighted by molar-refractivity contribution is -0.225. The lowest BCUT2D eigenvalue weighted by Crippen LogP contribution is -2.30. The van der Waals surface area contributed by atoms with Crippen molar-refractivity contribution in [1.82, 2.24) is 0 Å². The lowest BCUT2D eigenvalue weighted by Gasteiger charge is -2.23. The Morgan fingerprint density at radius 1 is 1.35 bits per heavy atom. The molecule has 0 fully saturated rings. The van der Waals surface area contributed by atoms with Crippen LogP contribution in [0.3, 0.4) is 0 Å². The molecule has 0 saturated heterocycles. The van der Waals surface area contributed by atoms with Gasteiger partial charge in [0.05, 0.1) is 6.10 Å². The highest BCUT2D eigenvalue weighted by atomic mass is 79.9. The van der Waals surface area contributed by atoms with Gasteiger partial charge in [0, 0.05) is 5.33 Å². The summed E-state index contributed by atoms with van der Waals surface area (Å²) in [7, 11) is 0. The summed E-state index contributed by atoms with van der Waals surface area (Å²) in [6, 6.07) is 5.34. The molecule has 0 spiro atoms. The van der Waals surface area contributed by atoms with Crippen molar-refractivity contribution in [1.29, 1.82) is 0 Å². The van der Waals surface area contributed by atoms with Crippen LogP contribution in [-0.2, 0) is 4.74 Å². The van der Waals surface area contributed by atoms with Crippen LogP contribution < -0.4 is 0 Å². The number of hydrogen-bond acceptors (Lipinski definition) is 1. The van der Waals surface area contributed by atoms with Crippen LogP contribution in [0.4, 0.5) is 17.6 Å². The van der Waals surface area contributed by atoms with Crippen LogP contribution in [-0.4, -0.2) is 17.6 Å². The Bertz CT molecular complexity index is 367. The zero-order valence-electron chi connectivity index (χ0n) is 8.97. The SMILES string of the molecule is CC(OC(CBr)c1cccc(F)c1)C(F)(F)F. The maximum Gasteiger partial charge on any atom is 0.414 e. The molecule has 17 heavy (non-hydrogen) atoms. The third kappa shape index (κ3) is 4.27. The summed E-state index contributed by atoms with van der Waals surface area (Å²) in [5.41, 5.74) is 0.373. The Hall–Kier alpha value is -0.620. The maximum absolute atomic E-state index is 12.9. The fourth-order valence-corrected chi connectivity index (χ4v) is 1.76. The molecule has 0 amide bonds. The van der Waals surface area contributed by atoms with Gasteiger partial charge in [-0.1, -0.05) is 28.1 Å². The van der Waals surface area contributed by atoms with Crippen molar-refractivity contribution in [2.75, 3.05) is 5.33 Å². The first-order chi connectivity index (χ1) is 7.84. The number of ether oxygens (including phenoxy) is 1. The molecule has 6 heteroatoms. The molecular formula is C11H11BrF4O. The molecule has 96 valence electrons. The number of benzene rings is 1. The van der Waals surface area contributed by atoms with Gasteiger partial charge in [0.2, 0.25) is 0 Å². The van der Waals surface area contributed by atoms with Crippen LogP contribution in [0.1, 0.15) is 18.6 Å². The van der Waals surface area contributed by atoms with E-state index in [4.69, 9.17) is 4.74 Å². The largest absolute Gasteiger partial charge is 0.414 e. The Balaban J connectivity index is 2.79. The molecule has 0 heterocycles. The molecule has 1 aromatic rings. The molecule has 0 bridgehead atoms. The monoisotopic (exact) mass is 314 g/mol. The predicted octanol–water partition coefficient (Wildman–Crippen LogP) is 4.23.